The Kier molecular flexibility index (Phi) is 10.5. The molecule has 0 atom stereocenters. The predicted octanol–water partition coefficient (Wildman–Crippen LogP) is 7.90. The van der Waals surface area contributed by atoms with E-state index in [1.54, 1.807) is 36.4 Å². The maximum absolute atomic E-state index is 14.7. The van der Waals surface area contributed by atoms with Crippen molar-refractivity contribution in [3.8, 4) is 23.0 Å². The van der Waals surface area contributed by atoms with Gasteiger partial charge in [-0.3, -0.25) is 4.79 Å². The Morgan fingerprint density at radius 1 is 0.667 bits per heavy atom. The molecule has 214 valence electrons. The Hall–Kier alpha value is -5.30. The number of aliphatic hydroxyl groups is 1. The van der Waals surface area contributed by atoms with Crippen LogP contribution in [-0.4, -0.2) is 25.1 Å². The van der Waals surface area contributed by atoms with E-state index in [-0.39, 0.29) is 0 Å². The Bertz CT molecular complexity index is 1580. The summed E-state index contributed by atoms with van der Waals surface area (Å²) in [6.45, 7) is 0.662. The quantitative estimate of drug-likeness (QED) is 0.101. The maximum Gasteiger partial charge on any atom is 0.218 e. The molecule has 4 aromatic carbocycles. The number of benzene rings is 4. The van der Waals surface area contributed by atoms with Gasteiger partial charge in [0.1, 0.15) is 13.2 Å². The molecule has 0 radical (unpaired) electrons. The summed E-state index contributed by atoms with van der Waals surface area (Å²) in [4.78, 5) is 12.4. The third kappa shape index (κ3) is 8.35. The van der Waals surface area contributed by atoms with Crippen LogP contribution < -0.4 is 18.9 Å². The highest BCUT2D eigenvalue weighted by atomic mass is 19.1. The van der Waals surface area contributed by atoms with Gasteiger partial charge in [0.15, 0.2) is 28.8 Å². The van der Waals surface area contributed by atoms with E-state index < -0.39 is 17.4 Å². The Morgan fingerprint density at radius 2 is 1.12 bits per heavy atom. The van der Waals surface area contributed by atoms with Crippen LogP contribution in [0.25, 0.3) is 12.2 Å². The molecule has 4 rings (SSSR count). The highest BCUT2D eigenvalue weighted by Gasteiger charge is 2.12. The van der Waals surface area contributed by atoms with E-state index in [4.69, 9.17) is 18.9 Å². The number of methoxy groups -OCH3 is 2. The summed E-state index contributed by atoms with van der Waals surface area (Å²) in [7, 11) is 3.07. The van der Waals surface area contributed by atoms with Gasteiger partial charge in [0, 0.05) is 0 Å². The summed E-state index contributed by atoms with van der Waals surface area (Å²) >= 11 is 0. The Labute approximate surface area is 244 Å². The largest absolute Gasteiger partial charge is 0.505 e. The molecule has 1 N–H and O–H groups in total. The Balaban J connectivity index is 1.42. The van der Waals surface area contributed by atoms with Crippen molar-refractivity contribution in [2.75, 3.05) is 14.2 Å². The van der Waals surface area contributed by atoms with Gasteiger partial charge in [0.25, 0.3) is 0 Å². The molecule has 0 saturated heterocycles. The first kappa shape index (κ1) is 29.7. The van der Waals surface area contributed by atoms with Crippen LogP contribution in [0, 0.1) is 0 Å². The number of allylic oxidation sites excluding steroid dienone is 3. The van der Waals surface area contributed by atoms with Crippen LogP contribution in [0.3, 0.4) is 0 Å². The average Bonchev–Trinajstić information content (AvgIpc) is 3.04. The lowest BCUT2D eigenvalue weighted by molar-refractivity contribution is -0.112. The smallest absolute Gasteiger partial charge is 0.218 e. The van der Waals surface area contributed by atoms with Crippen LogP contribution >= 0.6 is 0 Å². The van der Waals surface area contributed by atoms with Crippen molar-refractivity contribution >= 4 is 17.9 Å². The predicted molar refractivity (Wildman–Crippen MR) is 161 cm³/mol. The fourth-order valence-corrected chi connectivity index (χ4v) is 3.91. The van der Waals surface area contributed by atoms with Gasteiger partial charge in [-0.1, -0.05) is 84.9 Å². The second kappa shape index (κ2) is 14.9. The topological polar surface area (TPSA) is 74.2 Å². The first-order chi connectivity index (χ1) is 20.5. The third-order valence-corrected chi connectivity index (χ3v) is 6.15. The molecule has 0 fully saturated rings. The molecule has 7 heteroatoms. The number of ether oxygens (including phenoxy) is 4. The summed E-state index contributed by atoms with van der Waals surface area (Å²) in [5, 5.41) is 10.2. The molecule has 0 unspecified atom stereocenters. The number of aliphatic hydroxyl groups excluding tert-OH is 1. The van der Waals surface area contributed by atoms with E-state index in [0.29, 0.717) is 47.3 Å². The molecule has 6 nitrogen and oxygen atoms in total. The normalized spacial score (nSPS) is 11.8. The lowest BCUT2D eigenvalue weighted by Crippen LogP contribution is -1.99. The summed E-state index contributed by atoms with van der Waals surface area (Å²) in [6, 6.07) is 29.5. The lowest BCUT2D eigenvalue weighted by Gasteiger charge is -2.11. The van der Waals surface area contributed by atoms with Gasteiger partial charge in [0.05, 0.1) is 14.2 Å². The Morgan fingerprint density at radius 3 is 1.57 bits per heavy atom. The molecule has 4 aromatic rings. The number of carbonyl (C=O) groups excluding carboxylic acids is 1. The van der Waals surface area contributed by atoms with Gasteiger partial charge in [-0.15, -0.1) is 0 Å². The number of carbonyl (C=O) groups is 1. The zero-order valence-electron chi connectivity index (χ0n) is 23.3. The molecule has 0 spiro atoms. The van der Waals surface area contributed by atoms with E-state index in [1.165, 1.54) is 26.4 Å². The van der Waals surface area contributed by atoms with Gasteiger partial charge in [-0.25, -0.2) is 0 Å². The molecule has 0 aliphatic rings. The first-order valence-electron chi connectivity index (χ1n) is 13.2. The van der Waals surface area contributed by atoms with Crippen LogP contribution in [0.1, 0.15) is 22.3 Å². The van der Waals surface area contributed by atoms with Gasteiger partial charge in [-0.05, 0) is 58.7 Å². The lowest BCUT2D eigenvalue weighted by atomic mass is 10.1. The molecule has 0 aromatic heterocycles. The number of hydrogen-bond acceptors (Lipinski definition) is 6. The number of halogens is 1. The number of ketones is 1. The van der Waals surface area contributed by atoms with Crippen LogP contribution in [0.4, 0.5) is 4.39 Å². The maximum atomic E-state index is 14.7. The standard InChI is InChI=1S/C35H31FO6/c1-39-31-19-15-25(21-33(31)41-23-27-9-5-3-6-10-27)13-17-29(37)35(36)30(38)18-14-26-16-20-32(40-2)34(22-26)42-24-28-11-7-4-8-12-28/h3-22,37H,23-24H2,1-2H3/b17-13+,18-14+,35-29?. The average molecular weight is 567 g/mol. The molecule has 0 saturated carbocycles. The molecule has 0 heterocycles. The van der Waals surface area contributed by atoms with Crippen molar-refractivity contribution in [1.29, 1.82) is 0 Å². The van der Waals surface area contributed by atoms with E-state index in [0.717, 1.165) is 23.3 Å². The zero-order valence-corrected chi connectivity index (χ0v) is 23.3. The minimum absolute atomic E-state index is 0.329. The summed E-state index contributed by atoms with van der Waals surface area (Å²) in [6.07, 6.45) is 5.08. The molecule has 0 bridgehead atoms. The highest BCUT2D eigenvalue weighted by Crippen LogP contribution is 2.31. The summed E-state index contributed by atoms with van der Waals surface area (Å²) in [5.41, 5.74) is 3.18. The molecular weight excluding hydrogens is 535 g/mol. The fraction of sp³-hybridized carbons (Fsp3) is 0.114. The van der Waals surface area contributed by atoms with Crippen molar-refractivity contribution in [2.45, 2.75) is 13.2 Å². The monoisotopic (exact) mass is 566 g/mol. The molecular formula is C35H31FO6. The van der Waals surface area contributed by atoms with Crippen LogP contribution in [0.5, 0.6) is 23.0 Å². The molecule has 0 aliphatic carbocycles. The van der Waals surface area contributed by atoms with Gasteiger partial charge >= 0.3 is 0 Å². The zero-order chi connectivity index (χ0) is 29.7. The highest BCUT2D eigenvalue weighted by molar-refractivity contribution is 6.05. The molecule has 42 heavy (non-hydrogen) atoms. The minimum atomic E-state index is -1.29. The third-order valence-electron chi connectivity index (χ3n) is 6.15. The van der Waals surface area contributed by atoms with Gasteiger partial charge in [-0.2, -0.15) is 4.39 Å². The fourth-order valence-electron chi connectivity index (χ4n) is 3.91. The second-order valence-electron chi connectivity index (χ2n) is 9.10. The van der Waals surface area contributed by atoms with Gasteiger partial charge in [0.2, 0.25) is 11.6 Å². The van der Waals surface area contributed by atoms with Crippen molar-refractivity contribution < 1.29 is 33.2 Å². The van der Waals surface area contributed by atoms with Crippen LogP contribution in [0.15, 0.2) is 121 Å². The first-order valence-corrected chi connectivity index (χ1v) is 13.2. The van der Waals surface area contributed by atoms with E-state index in [2.05, 4.69) is 0 Å². The van der Waals surface area contributed by atoms with E-state index in [1.807, 2.05) is 60.7 Å². The van der Waals surface area contributed by atoms with Crippen molar-refractivity contribution in [1.82, 2.24) is 0 Å². The second-order valence-corrected chi connectivity index (χ2v) is 9.10. The molecule has 0 aliphatic heterocycles. The van der Waals surface area contributed by atoms with Crippen molar-refractivity contribution in [3.05, 3.63) is 143 Å². The number of hydrogen-bond donors (Lipinski definition) is 1. The number of rotatable bonds is 13. The van der Waals surface area contributed by atoms with Crippen molar-refractivity contribution in [2.24, 2.45) is 0 Å². The van der Waals surface area contributed by atoms with E-state index >= 15 is 0 Å². The summed E-state index contributed by atoms with van der Waals surface area (Å²) in [5.74, 6) is -1.06. The van der Waals surface area contributed by atoms with Crippen LogP contribution in [0.2, 0.25) is 0 Å². The SMILES string of the molecule is COc1ccc(/C=C/C(=O)C(F)=C(O)/C=C/c2ccc(OC)c(OCc3ccccc3)c2)cc1OCc1ccccc1. The van der Waals surface area contributed by atoms with Crippen LogP contribution in [-0.2, 0) is 18.0 Å². The minimum Gasteiger partial charge on any atom is -0.505 e. The van der Waals surface area contributed by atoms with E-state index in [9.17, 15) is 14.3 Å². The summed E-state index contributed by atoms with van der Waals surface area (Å²) < 4.78 is 37.2. The van der Waals surface area contributed by atoms with Gasteiger partial charge < -0.3 is 24.1 Å². The van der Waals surface area contributed by atoms with Crippen molar-refractivity contribution in [3.63, 3.8) is 0 Å². The molecule has 0 amide bonds.